The molecule has 2 nitrogen and oxygen atoms in total. The van der Waals surface area contributed by atoms with Gasteiger partial charge in [-0.1, -0.05) is 48.0 Å². The maximum Gasteiger partial charge on any atom is 0.0723 e. The van der Waals surface area contributed by atoms with Crippen LogP contribution in [0.25, 0.3) is 38.4 Å². The first-order valence-electron chi connectivity index (χ1n) is 7.58. The van der Waals surface area contributed by atoms with Crippen molar-refractivity contribution in [3.8, 4) is 5.69 Å². The molecule has 23 heavy (non-hydrogen) atoms. The molecule has 0 saturated heterocycles. The molecule has 5 aromatic rings. The Morgan fingerprint density at radius 2 is 1.57 bits per heavy atom. The van der Waals surface area contributed by atoms with Gasteiger partial charge in [0.2, 0.25) is 0 Å². The van der Waals surface area contributed by atoms with Gasteiger partial charge in [-0.3, -0.25) is 0 Å². The number of fused-ring (bicyclic) bond motifs is 5. The van der Waals surface area contributed by atoms with Gasteiger partial charge in [-0.25, -0.2) is 0 Å². The Morgan fingerprint density at radius 1 is 0.783 bits per heavy atom. The van der Waals surface area contributed by atoms with Crippen LogP contribution in [0.1, 0.15) is 0 Å². The molecule has 0 saturated carbocycles. The number of H-pyrrole nitrogens is 1. The number of aromatic amines is 1. The van der Waals surface area contributed by atoms with E-state index < -0.39 is 0 Å². The molecule has 0 aliphatic heterocycles. The minimum atomic E-state index is 0.757. The predicted octanol–water partition coefficient (Wildman–Crippen LogP) is 5.92. The average Bonchev–Trinajstić information content (AvgIpc) is 3.16. The molecule has 0 aliphatic rings. The molecule has 3 aromatic carbocycles. The minimum Gasteiger partial charge on any atom is -0.354 e. The van der Waals surface area contributed by atoms with Gasteiger partial charge in [0.15, 0.2) is 0 Å². The zero-order valence-electron chi connectivity index (χ0n) is 12.3. The van der Waals surface area contributed by atoms with Crippen LogP contribution in [0, 0.1) is 0 Å². The van der Waals surface area contributed by atoms with Gasteiger partial charge in [-0.05, 0) is 30.3 Å². The van der Waals surface area contributed by atoms with Gasteiger partial charge in [-0.2, -0.15) is 0 Å². The van der Waals surface area contributed by atoms with Crippen LogP contribution >= 0.6 is 11.6 Å². The maximum atomic E-state index is 6.62. The van der Waals surface area contributed by atoms with Gasteiger partial charge in [0.1, 0.15) is 0 Å². The van der Waals surface area contributed by atoms with Crippen molar-refractivity contribution in [2.45, 2.75) is 0 Å². The third kappa shape index (κ3) is 1.76. The van der Waals surface area contributed by atoms with E-state index in [1.165, 1.54) is 16.2 Å². The maximum absolute atomic E-state index is 6.62. The highest BCUT2D eigenvalue weighted by atomic mass is 35.5. The summed E-state index contributed by atoms with van der Waals surface area (Å²) in [5.74, 6) is 0. The Hall–Kier alpha value is -2.71. The molecular formula is C20H13ClN2. The summed E-state index contributed by atoms with van der Waals surface area (Å²) in [6.45, 7) is 0. The fourth-order valence-electron chi connectivity index (χ4n) is 3.44. The van der Waals surface area contributed by atoms with Crippen molar-refractivity contribution in [1.82, 2.24) is 9.55 Å². The lowest BCUT2D eigenvalue weighted by molar-refractivity contribution is 1.13. The second-order valence-corrected chi connectivity index (χ2v) is 6.14. The lowest BCUT2D eigenvalue weighted by atomic mass is 10.1. The van der Waals surface area contributed by atoms with Crippen LogP contribution in [0.3, 0.4) is 0 Å². The molecule has 0 unspecified atom stereocenters. The monoisotopic (exact) mass is 316 g/mol. The zero-order valence-corrected chi connectivity index (χ0v) is 13.0. The highest BCUT2D eigenvalue weighted by Crippen LogP contribution is 2.37. The summed E-state index contributed by atoms with van der Waals surface area (Å²) in [6.07, 6.45) is 2.09. The Kier molecular flexibility index (Phi) is 2.58. The molecule has 0 fully saturated rings. The third-order valence-electron chi connectivity index (χ3n) is 4.42. The SMILES string of the molecule is Clc1cc2[nH]c3ccccc3c2c2ccn(-c3ccccc3)c12. The van der Waals surface area contributed by atoms with Crippen molar-refractivity contribution in [2.24, 2.45) is 0 Å². The first-order chi connectivity index (χ1) is 11.3. The standard InChI is InChI=1S/C20H13ClN2/c21-16-12-18-19(14-8-4-5-9-17(14)22-18)15-10-11-23(20(15)16)13-6-2-1-3-7-13/h1-12,22H. The molecule has 0 aliphatic carbocycles. The summed E-state index contributed by atoms with van der Waals surface area (Å²) in [5.41, 5.74) is 4.38. The fraction of sp³-hybridized carbons (Fsp3) is 0. The summed E-state index contributed by atoms with van der Waals surface area (Å²) in [7, 11) is 0. The van der Waals surface area contributed by atoms with E-state index in [1.807, 2.05) is 30.3 Å². The van der Waals surface area contributed by atoms with E-state index in [9.17, 15) is 0 Å². The van der Waals surface area contributed by atoms with Gasteiger partial charge in [0.05, 0.1) is 10.5 Å². The summed E-state index contributed by atoms with van der Waals surface area (Å²) in [4.78, 5) is 3.47. The Morgan fingerprint density at radius 3 is 2.43 bits per heavy atom. The van der Waals surface area contributed by atoms with Crippen molar-refractivity contribution >= 4 is 44.3 Å². The van der Waals surface area contributed by atoms with Gasteiger partial charge in [0, 0.05) is 39.1 Å². The lowest BCUT2D eigenvalue weighted by Crippen LogP contribution is -1.91. The predicted molar refractivity (Wildman–Crippen MR) is 97.6 cm³/mol. The second-order valence-electron chi connectivity index (χ2n) is 5.74. The molecule has 5 rings (SSSR count). The summed E-state index contributed by atoms with van der Waals surface area (Å²) >= 11 is 6.62. The molecule has 2 heterocycles. The molecule has 0 bridgehead atoms. The zero-order chi connectivity index (χ0) is 15.4. The summed E-state index contributed by atoms with van der Waals surface area (Å²) < 4.78 is 2.15. The van der Waals surface area contributed by atoms with Crippen LogP contribution in [0.15, 0.2) is 72.9 Å². The first-order valence-corrected chi connectivity index (χ1v) is 7.96. The van der Waals surface area contributed by atoms with Crippen molar-refractivity contribution < 1.29 is 0 Å². The van der Waals surface area contributed by atoms with E-state index in [-0.39, 0.29) is 0 Å². The number of para-hydroxylation sites is 2. The van der Waals surface area contributed by atoms with E-state index in [2.05, 4.69) is 52.1 Å². The highest BCUT2D eigenvalue weighted by Gasteiger charge is 2.14. The van der Waals surface area contributed by atoms with Gasteiger partial charge in [-0.15, -0.1) is 0 Å². The van der Waals surface area contributed by atoms with Gasteiger partial charge < -0.3 is 9.55 Å². The van der Waals surface area contributed by atoms with E-state index in [0.29, 0.717) is 0 Å². The Labute approximate surface area is 137 Å². The lowest BCUT2D eigenvalue weighted by Gasteiger charge is -2.07. The van der Waals surface area contributed by atoms with E-state index in [4.69, 9.17) is 11.6 Å². The van der Waals surface area contributed by atoms with E-state index in [0.717, 1.165) is 27.3 Å². The van der Waals surface area contributed by atoms with Crippen molar-refractivity contribution in [1.29, 1.82) is 0 Å². The topological polar surface area (TPSA) is 20.7 Å². The Balaban J connectivity index is 1.97. The van der Waals surface area contributed by atoms with Crippen LogP contribution < -0.4 is 0 Å². The number of rotatable bonds is 1. The number of hydrogen-bond acceptors (Lipinski definition) is 0. The fourth-order valence-corrected chi connectivity index (χ4v) is 3.74. The van der Waals surface area contributed by atoms with Crippen LogP contribution in [0.4, 0.5) is 0 Å². The third-order valence-corrected chi connectivity index (χ3v) is 4.71. The highest BCUT2D eigenvalue weighted by molar-refractivity contribution is 6.38. The number of nitrogens with one attached hydrogen (secondary N) is 1. The van der Waals surface area contributed by atoms with Crippen molar-refractivity contribution in [3.05, 3.63) is 77.9 Å². The number of aromatic nitrogens is 2. The van der Waals surface area contributed by atoms with E-state index in [1.54, 1.807) is 0 Å². The van der Waals surface area contributed by atoms with Crippen LogP contribution in [-0.2, 0) is 0 Å². The molecular weight excluding hydrogens is 304 g/mol. The number of halogens is 1. The van der Waals surface area contributed by atoms with Crippen LogP contribution in [0.2, 0.25) is 5.02 Å². The number of hydrogen-bond donors (Lipinski definition) is 1. The first kappa shape index (κ1) is 12.8. The van der Waals surface area contributed by atoms with Crippen LogP contribution in [0.5, 0.6) is 0 Å². The molecule has 0 amide bonds. The van der Waals surface area contributed by atoms with Crippen LogP contribution in [-0.4, -0.2) is 9.55 Å². The number of benzene rings is 3. The summed E-state index contributed by atoms with van der Waals surface area (Å²) in [6, 6.07) is 22.8. The largest absolute Gasteiger partial charge is 0.354 e. The second kappa shape index (κ2) is 4.64. The minimum absolute atomic E-state index is 0.757. The molecule has 0 spiro atoms. The molecule has 110 valence electrons. The quantitative estimate of drug-likeness (QED) is 0.396. The van der Waals surface area contributed by atoms with Crippen molar-refractivity contribution in [2.75, 3.05) is 0 Å². The molecule has 2 aromatic heterocycles. The molecule has 3 heteroatoms. The normalized spacial score (nSPS) is 11.7. The van der Waals surface area contributed by atoms with Crippen molar-refractivity contribution in [3.63, 3.8) is 0 Å². The molecule has 0 atom stereocenters. The Bertz CT molecular complexity index is 1170. The van der Waals surface area contributed by atoms with Gasteiger partial charge in [0.25, 0.3) is 0 Å². The molecule has 1 N–H and O–H groups in total. The van der Waals surface area contributed by atoms with Gasteiger partial charge >= 0.3 is 0 Å². The summed E-state index contributed by atoms with van der Waals surface area (Å²) in [5, 5.41) is 4.39. The average molecular weight is 317 g/mol. The van der Waals surface area contributed by atoms with E-state index >= 15 is 0 Å². The smallest absolute Gasteiger partial charge is 0.0723 e. The molecule has 0 radical (unpaired) electrons. The number of nitrogens with zero attached hydrogens (tertiary/aromatic N) is 1.